The maximum absolute atomic E-state index is 5.56. The first-order valence-corrected chi connectivity index (χ1v) is 10.5. The van der Waals surface area contributed by atoms with Gasteiger partial charge in [0.2, 0.25) is 0 Å². The number of thioether (sulfide) groups is 1. The van der Waals surface area contributed by atoms with Crippen molar-refractivity contribution < 1.29 is 4.74 Å². The minimum absolute atomic E-state index is 0.332. The highest BCUT2D eigenvalue weighted by Crippen LogP contribution is 2.47. The summed E-state index contributed by atoms with van der Waals surface area (Å²) < 4.78 is 6.72. The van der Waals surface area contributed by atoms with Crippen LogP contribution in [0.4, 0.5) is 11.4 Å². The third-order valence-electron chi connectivity index (χ3n) is 5.12. The van der Waals surface area contributed by atoms with Gasteiger partial charge in [-0.1, -0.05) is 32.0 Å². The van der Waals surface area contributed by atoms with Crippen molar-refractivity contribution in [2.24, 2.45) is 5.41 Å². The predicted octanol–water partition coefficient (Wildman–Crippen LogP) is 6.35. The number of benzene rings is 2. The number of para-hydroxylation sites is 1. The third-order valence-corrected chi connectivity index (χ3v) is 7.36. The fourth-order valence-corrected chi connectivity index (χ4v) is 5.36. The molecule has 0 unspecified atom stereocenters. The standard InChI is InChI=1S/C20H24INOS/c1-4-20(5-2)13-22(15-9-7-6-8-10-15)17-11-16(21)18(23-3)12-19(17)24-14-20/h6-12H,4-5,13-14H2,1-3H3. The molecular formula is C20H24INOS. The Labute approximate surface area is 163 Å². The van der Waals surface area contributed by atoms with E-state index in [0.717, 1.165) is 21.6 Å². The second-order valence-corrected chi connectivity index (χ2v) is 8.55. The minimum atomic E-state index is 0.332. The van der Waals surface area contributed by atoms with Crippen molar-refractivity contribution in [1.29, 1.82) is 0 Å². The fourth-order valence-electron chi connectivity index (χ4n) is 3.22. The molecule has 0 fully saturated rings. The van der Waals surface area contributed by atoms with Crippen molar-refractivity contribution in [3.8, 4) is 5.75 Å². The molecule has 0 radical (unpaired) electrons. The lowest BCUT2D eigenvalue weighted by atomic mass is 9.83. The van der Waals surface area contributed by atoms with E-state index in [4.69, 9.17) is 4.74 Å². The van der Waals surface area contributed by atoms with E-state index in [0.29, 0.717) is 5.41 Å². The molecule has 0 saturated carbocycles. The molecule has 0 amide bonds. The molecule has 0 aromatic heterocycles. The molecule has 1 heterocycles. The van der Waals surface area contributed by atoms with E-state index in [1.807, 2.05) is 11.8 Å². The quantitative estimate of drug-likeness (QED) is 0.501. The van der Waals surface area contributed by atoms with E-state index in [1.54, 1.807) is 7.11 Å². The molecule has 0 aliphatic carbocycles. The summed E-state index contributed by atoms with van der Waals surface area (Å²) >= 11 is 4.35. The van der Waals surface area contributed by atoms with Gasteiger partial charge < -0.3 is 9.64 Å². The van der Waals surface area contributed by atoms with Crippen LogP contribution < -0.4 is 9.64 Å². The van der Waals surface area contributed by atoms with Crippen LogP contribution in [0.1, 0.15) is 26.7 Å². The van der Waals surface area contributed by atoms with Gasteiger partial charge in [-0.3, -0.25) is 0 Å². The van der Waals surface area contributed by atoms with Gasteiger partial charge in [0, 0.05) is 22.9 Å². The number of nitrogens with zero attached hydrogens (tertiary/aromatic N) is 1. The molecule has 128 valence electrons. The minimum Gasteiger partial charge on any atom is -0.496 e. The largest absolute Gasteiger partial charge is 0.496 e. The van der Waals surface area contributed by atoms with Gasteiger partial charge in [0.1, 0.15) is 5.75 Å². The highest BCUT2D eigenvalue weighted by Gasteiger charge is 2.34. The smallest absolute Gasteiger partial charge is 0.133 e. The molecule has 1 aliphatic heterocycles. The van der Waals surface area contributed by atoms with Crippen molar-refractivity contribution in [2.75, 3.05) is 24.3 Å². The fraction of sp³-hybridized carbons (Fsp3) is 0.400. The van der Waals surface area contributed by atoms with Crippen LogP contribution in [-0.4, -0.2) is 19.4 Å². The van der Waals surface area contributed by atoms with Crippen LogP contribution in [0, 0.1) is 8.99 Å². The van der Waals surface area contributed by atoms with E-state index in [-0.39, 0.29) is 0 Å². The van der Waals surface area contributed by atoms with Gasteiger partial charge in [0.05, 0.1) is 16.4 Å². The summed E-state index contributed by atoms with van der Waals surface area (Å²) in [6.07, 6.45) is 2.39. The lowest BCUT2D eigenvalue weighted by Gasteiger charge is -2.36. The summed E-state index contributed by atoms with van der Waals surface area (Å²) in [6.45, 7) is 5.72. The van der Waals surface area contributed by atoms with Crippen molar-refractivity contribution in [2.45, 2.75) is 31.6 Å². The first kappa shape index (κ1) is 17.9. The summed E-state index contributed by atoms with van der Waals surface area (Å²) in [7, 11) is 1.75. The van der Waals surface area contributed by atoms with Crippen LogP contribution >= 0.6 is 34.4 Å². The number of hydrogen-bond acceptors (Lipinski definition) is 3. The zero-order chi connectivity index (χ0) is 17.2. The summed E-state index contributed by atoms with van der Waals surface area (Å²) in [6, 6.07) is 15.2. The van der Waals surface area contributed by atoms with Crippen LogP contribution in [0.3, 0.4) is 0 Å². The zero-order valence-corrected chi connectivity index (χ0v) is 17.5. The van der Waals surface area contributed by atoms with Crippen molar-refractivity contribution >= 4 is 45.7 Å². The van der Waals surface area contributed by atoms with Gasteiger partial charge in [-0.25, -0.2) is 0 Å². The molecular weight excluding hydrogens is 429 g/mol. The lowest BCUT2D eigenvalue weighted by Crippen LogP contribution is -2.35. The molecule has 0 bridgehead atoms. The number of hydrogen-bond donors (Lipinski definition) is 0. The van der Waals surface area contributed by atoms with Crippen LogP contribution in [0.5, 0.6) is 5.75 Å². The van der Waals surface area contributed by atoms with Crippen molar-refractivity contribution in [3.05, 3.63) is 46.0 Å². The first-order chi connectivity index (χ1) is 11.6. The molecule has 0 saturated heterocycles. The molecule has 2 nitrogen and oxygen atoms in total. The average molecular weight is 453 g/mol. The second-order valence-electron chi connectivity index (χ2n) is 6.37. The molecule has 0 N–H and O–H groups in total. The van der Waals surface area contributed by atoms with Gasteiger partial charge >= 0.3 is 0 Å². The Morgan fingerprint density at radius 3 is 2.50 bits per heavy atom. The SMILES string of the molecule is CCC1(CC)CSc2cc(OC)c(I)cc2N(c2ccccc2)C1. The van der Waals surface area contributed by atoms with E-state index >= 15 is 0 Å². The number of ether oxygens (including phenoxy) is 1. The Morgan fingerprint density at radius 1 is 1.17 bits per heavy atom. The lowest BCUT2D eigenvalue weighted by molar-refractivity contribution is 0.319. The molecule has 4 heteroatoms. The highest BCUT2D eigenvalue weighted by atomic mass is 127. The van der Waals surface area contributed by atoms with Gasteiger partial charge in [-0.15, -0.1) is 11.8 Å². The van der Waals surface area contributed by atoms with E-state index in [9.17, 15) is 0 Å². The van der Waals surface area contributed by atoms with E-state index < -0.39 is 0 Å². The topological polar surface area (TPSA) is 12.5 Å². The summed E-state index contributed by atoms with van der Waals surface area (Å²) in [5, 5.41) is 0. The third kappa shape index (κ3) is 3.40. The van der Waals surface area contributed by atoms with Gasteiger partial charge in [0.15, 0.2) is 0 Å². The van der Waals surface area contributed by atoms with Crippen LogP contribution in [0.25, 0.3) is 0 Å². The molecule has 0 spiro atoms. The number of rotatable bonds is 4. The maximum Gasteiger partial charge on any atom is 0.133 e. The summed E-state index contributed by atoms with van der Waals surface area (Å²) in [4.78, 5) is 3.82. The zero-order valence-electron chi connectivity index (χ0n) is 14.5. The van der Waals surface area contributed by atoms with Gasteiger partial charge in [0.25, 0.3) is 0 Å². The van der Waals surface area contributed by atoms with Gasteiger partial charge in [-0.2, -0.15) is 0 Å². The molecule has 3 rings (SSSR count). The van der Waals surface area contributed by atoms with Crippen LogP contribution in [0.15, 0.2) is 47.4 Å². The monoisotopic (exact) mass is 453 g/mol. The Morgan fingerprint density at radius 2 is 1.88 bits per heavy atom. The Bertz CT molecular complexity index is 700. The Hall–Kier alpha value is -0.880. The number of halogens is 1. The first-order valence-electron chi connectivity index (χ1n) is 8.45. The average Bonchev–Trinajstić information content (AvgIpc) is 2.79. The molecule has 2 aromatic rings. The van der Waals surface area contributed by atoms with Crippen LogP contribution in [-0.2, 0) is 0 Å². The van der Waals surface area contributed by atoms with Crippen LogP contribution in [0.2, 0.25) is 0 Å². The van der Waals surface area contributed by atoms with Crippen molar-refractivity contribution in [1.82, 2.24) is 0 Å². The highest BCUT2D eigenvalue weighted by molar-refractivity contribution is 14.1. The molecule has 2 aromatic carbocycles. The Balaban J connectivity index is 2.14. The van der Waals surface area contributed by atoms with Gasteiger partial charge in [-0.05, 0) is 65.1 Å². The predicted molar refractivity (Wildman–Crippen MR) is 113 cm³/mol. The number of methoxy groups -OCH3 is 1. The normalized spacial score (nSPS) is 16.4. The molecule has 24 heavy (non-hydrogen) atoms. The van der Waals surface area contributed by atoms with E-state index in [1.165, 1.54) is 29.1 Å². The summed E-state index contributed by atoms with van der Waals surface area (Å²) in [5.74, 6) is 2.12. The van der Waals surface area contributed by atoms with E-state index in [2.05, 4.69) is 83.8 Å². The summed E-state index contributed by atoms with van der Waals surface area (Å²) in [5.41, 5.74) is 2.91. The number of anilines is 2. The Kier molecular flexibility index (Phi) is 5.65. The molecule has 1 aliphatic rings. The second kappa shape index (κ2) is 7.56. The number of fused-ring (bicyclic) bond motifs is 1. The van der Waals surface area contributed by atoms with Crippen molar-refractivity contribution in [3.63, 3.8) is 0 Å². The molecule has 0 atom stereocenters. The maximum atomic E-state index is 5.56.